The number of carbonyl (C=O) groups is 1. The van der Waals surface area contributed by atoms with Gasteiger partial charge in [-0.3, -0.25) is 0 Å². The Kier molecular flexibility index (Phi) is 3.55. The molecule has 0 aromatic heterocycles. The molecule has 0 unspecified atom stereocenters. The van der Waals surface area contributed by atoms with Crippen molar-refractivity contribution in [1.29, 1.82) is 0 Å². The second-order valence-electron chi connectivity index (χ2n) is 4.41. The van der Waals surface area contributed by atoms with Crippen LogP contribution in [-0.2, 0) is 4.74 Å². The summed E-state index contributed by atoms with van der Waals surface area (Å²) < 4.78 is 5.15. The van der Waals surface area contributed by atoms with Gasteiger partial charge >= 0.3 is 6.09 Å². The lowest BCUT2D eigenvalue weighted by Gasteiger charge is -2.17. The van der Waals surface area contributed by atoms with Gasteiger partial charge in [0.1, 0.15) is 6.10 Å². The molecular weight excluding hydrogens is 178 g/mol. The second kappa shape index (κ2) is 4.49. The smallest absolute Gasteiger partial charge is 0.408 e. The quantitative estimate of drug-likeness (QED) is 0.705. The third-order valence-corrected chi connectivity index (χ3v) is 2.29. The highest BCUT2D eigenvalue weighted by molar-refractivity contribution is 5.70. The topological polar surface area (TPSA) is 38.3 Å². The number of hydrogen-bond donors (Lipinski definition) is 1. The van der Waals surface area contributed by atoms with Gasteiger partial charge in [0.2, 0.25) is 0 Å². The SMILES string of the molecule is CC(C)/C=C/[C@H]1OC(=O)N[C@H]1C(C)C. The first-order chi connectivity index (χ1) is 6.50. The maximum Gasteiger partial charge on any atom is 0.408 e. The van der Waals surface area contributed by atoms with Gasteiger partial charge in [0.15, 0.2) is 0 Å². The highest BCUT2D eigenvalue weighted by Gasteiger charge is 2.33. The predicted molar refractivity (Wildman–Crippen MR) is 56.0 cm³/mol. The van der Waals surface area contributed by atoms with Crippen molar-refractivity contribution in [2.75, 3.05) is 0 Å². The Morgan fingerprint density at radius 3 is 2.50 bits per heavy atom. The minimum absolute atomic E-state index is 0.107. The van der Waals surface area contributed by atoms with Crippen LogP contribution in [0.5, 0.6) is 0 Å². The van der Waals surface area contributed by atoms with E-state index in [4.69, 9.17) is 4.74 Å². The molecule has 14 heavy (non-hydrogen) atoms. The molecule has 0 saturated carbocycles. The van der Waals surface area contributed by atoms with E-state index >= 15 is 0 Å². The Morgan fingerprint density at radius 1 is 1.36 bits per heavy atom. The van der Waals surface area contributed by atoms with E-state index in [1.165, 1.54) is 0 Å². The summed E-state index contributed by atoms with van der Waals surface area (Å²) in [5.41, 5.74) is 0. The molecule has 2 atom stereocenters. The fraction of sp³-hybridized carbons (Fsp3) is 0.727. The number of cyclic esters (lactones) is 1. The van der Waals surface area contributed by atoms with E-state index in [2.05, 4.69) is 39.1 Å². The highest BCUT2D eigenvalue weighted by atomic mass is 16.6. The first-order valence-corrected chi connectivity index (χ1v) is 5.16. The van der Waals surface area contributed by atoms with Gasteiger partial charge in [-0.15, -0.1) is 0 Å². The van der Waals surface area contributed by atoms with Gasteiger partial charge in [-0.05, 0) is 17.9 Å². The average Bonchev–Trinajstić information content (AvgIpc) is 2.43. The lowest BCUT2D eigenvalue weighted by atomic mass is 9.98. The Morgan fingerprint density at radius 2 is 2.00 bits per heavy atom. The largest absolute Gasteiger partial charge is 0.440 e. The van der Waals surface area contributed by atoms with Gasteiger partial charge < -0.3 is 10.1 Å². The zero-order valence-corrected chi connectivity index (χ0v) is 9.28. The number of hydrogen-bond acceptors (Lipinski definition) is 2. The van der Waals surface area contributed by atoms with Gasteiger partial charge in [0, 0.05) is 0 Å². The second-order valence-corrected chi connectivity index (χ2v) is 4.41. The molecule has 1 rings (SSSR count). The number of carbonyl (C=O) groups excluding carboxylic acids is 1. The lowest BCUT2D eigenvalue weighted by molar-refractivity contribution is 0.149. The normalized spacial score (nSPS) is 27.4. The minimum atomic E-state index is -0.304. The molecule has 0 aromatic carbocycles. The third-order valence-electron chi connectivity index (χ3n) is 2.29. The van der Waals surface area contributed by atoms with Gasteiger partial charge in [-0.1, -0.05) is 33.8 Å². The first-order valence-electron chi connectivity index (χ1n) is 5.16. The maximum atomic E-state index is 11.0. The summed E-state index contributed by atoms with van der Waals surface area (Å²) in [6, 6.07) is 0.109. The van der Waals surface area contributed by atoms with Crippen molar-refractivity contribution in [2.24, 2.45) is 11.8 Å². The molecule has 0 aliphatic carbocycles. The number of alkyl carbamates (subject to hydrolysis) is 1. The molecule has 0 radical (unpaired) electrons. The van der Waals surface area contributed by atoms with Crippen LogP contribution in [0, 0.1) is 11.8 Å². The Balaban J connectivity index is 2.62. The summed E-state index contributed by atoms with van der Waals surface area (Å²) >= 11 is 0. The zero-order chi connectivity index (χ0) is 10.7. The lowest BCUT2D eigenvalue weighted by Crippen LogP contribution is -2.35. The van der Waals surface area contributed by atoms with E-state index in [-0.39, 0.29) is 18.2 Å². The summed E-state index contributed by atoms with van der Waals surface area (Å²) in [5, 5.41) is 2.81. The highest BCUT2D eigenvalue weighted by Crippen LogP contribution is 2.17. The number of rotatable bonds is 3. The van der Waals surface area contributed by atoms with Crippen LogP contribution in [0.2, 0.25) is 0 Å². The monoisotopic (exact) mass is 197 g/mol. The zero-order valence-electron chi connectivity index (χ0n) is 9.28. The van der Waals surface area contributed by atoms with Crippen LogP contribution in [0.15, 0.2) is 12.2 Å². The van der Waals surface area contributed by atoms with Crippen molar-refractivity contribution in [1.82, 2.24) is 5.32 Å². The fourth-order valence-electron chi connectivity index (χ4n) is 1.49. The molecule has 1 N–H and O–H groups in total. The van der Waals surface area contributed by atoms with Gasteiger partial charge in [0.25, 0.3) is 0 Å². The molecule has 0 aromatic rings. The number of allylic oxidation sites excluding steroid dienone is 1. The van der Waals surface area contributed by atoms with Crippen LogP contribution in [0.4, 0.5) is 4.79 Å². The molecule has 1 aliphatic heterocycles. The van der Waals surface area contributed by atoms with E-state index < -0.39 is 0 Å². The van der Waals surface area contributed by atoms with Crippen LogP contribution in [0.25, 0.3) is 0 Å². The molecule has 1 heterocycles. The van der Waals surface area contributed by atoms with Gasteiger partial charge in [-0.2, -0.15) is 0 Å². The van der Waals surface area contributed by atoms with Crippen LogP contribution in [-0.4, -0.2) is 18.2 Å². The molecular formula is C11H19NO2. The van der Waals surface area contributed by atoms with E-state index in [0.29, 0.717) is 11.8 Å². The van der Waals surface area contributed by atoms with Crippen LogP contribution >= 0.6 is 0 Å². The number of amides is 1. The summed E-state index contributed by atoms with van der Waals surface area (Å²) in [4.78, 5) is 11.0. The van der Waals surface area contributed by atoms with E-state index in [1.807, 2.05) is 6.08 Å². The molecule has 3 heteroatoms. The van der Waals surface area contributed by atoms with E-state index in [9.17, 15) is 4.79 Å². The summed E-state index contributed by atoms with van der Waals surface area (Å²) in [7, 11) is 0. The van der Waals surface area contributed by atoms with Crippen LogP contribution in [0.3, 0.4) is 0 Å². The molecule has 1 saturated heterocycles. The first kappa shape index (κ1) is 11.1. The predicted octanol–water partition coefficient (Wildman–Crippen LogP) is 2.33. The molecule has 0 spiro atoms. The van der Waals surface area contributed by atoms with Crippen LogP contribution < -0.4 is 5.32 Å². The minimum Gasteiger partial charge on any atom is -0.440 e. The van der Waals surface area contributed by atoms with Crippen LogP contribution in [0.1, 0.15) is 27.7 Å². The maximum absolute atomic E-state index is 11.0. The van der Waals surface area contributed by atoms with Crippen molar-refractivity contribution in [3.8, 4) is 0 Å². The number of ether oxygens (including phenoxy) is 1. The fourth-order valence-corrected chi connectivity index (χ4v) is 1.49. The molecule has 1 fully saturated rings. The summed E-state index contributed by atoms with van der Waals surface area (Å²) in [6.07, 6.45) is 3.64. The van der Waals surface area contributed by atoms with Crippen molar-refractivity contribution >= 4 is 6.09 Å². The van der Waals surface area contributed by atoms with Crippen molar-refractivity contribution in [2.45, 2.75) is 39.8 Å². The summed E-state index contributed by atoms with van der Waals surface area (Å²) in [6.45, 7) is 8.36. The molecule has 3 nitrogen and oxygen atoms in total. The third kappa shape index (κ3) is 2.76. The molecule has 1 amide bonds. The number of nitrogens with one attached hydrogen (secondary N) is 1. The van der Waals surface area contributed by atoms with Crippen molar-refractivity contribution in [3.05, 3.63) is 12.2 Å². The van der Waals surface area contributed by atoms with Gasteiger partial charge in [-0.25, -0.2) is 4.79 Å². The molecule has 80 valence electrons. The Bertz CT molecular complexity index is 233. The standard InChI is InChI=1S/C11H19NO2/c1-7(2)5-6-9-10(8(3)4)12-11(13)14-9/h5-10H,1-4H3,(H,12,13)/b6-5+/t9-,10+/m1/s1. The van der Waals surface area contributed by atoms with E-state index in [1.54, 1.807) is 0 Å². The van der Waals surface area contributed by atoms with Crippen molar-refractivity contribution < 1.29 is 9.53 Å². The summed E-state index contributed by atoms with van der Waals surface area (Å²) in [5.74, 6) is 0.880. The van der Waals surface area contributed by atoms with Gasteiger partial charge in [0.05, 0.1) is 6.04 Å². The molecule has 1 aliphatic rings. The average molecular weight is 197 g/mol. The Hall–Kier alpha value is -0.990. The van der Waals surface area contributed by atoms with Crippen molar-refractivity contribution in [3.63, 3.8) is 0 Å². The van der Waals surface area contributed by atoms with E-state index in [0.717, 1.165) is 0 Å². The molecule has 0 bridgehead atoms. The Labute approximate surface area is 85.5 Å².